The van der Waals surface area contributed by atoms with Gasteiger partial charge >= 0.3 is 5.69 Å². The number of hydrogen-bond donors (Lipinski definition) is 0. The third-order valence-electron chi connectivity index (χ3n) is 5.96. The van der Waals surface area contributed by atoms with E-state index in [0.717, 1.165) is 36.8 Å². The van der Waals surface area contributed by atoms with Crippen molar-refractivity contribution in [3.8, 4) is 17.5 Å². The molecule has 1 aliphatic carbocycles. The van der Waals surface area contributed by atoms with Gasteiger partial charge in [0.2, 0.25) is 0 Å². The molecule has 0 aromatic carbocycles. The topological polar surface area (TPSA) is 107 Å². The fourth-order valence-corrected chi connectivity index (χ4v) is 4.34. The predicted molar refractivity (Wildman–Crippen MR) is 106 cm³/mol. The van der Waals surface area contributed by atoms with E-state index in [1.54, 1.807) is 47.1 Å². The van der Waals surface area contributed by atoms with Crippen LogP contribution in [0, 0.1) is 17.2 Å². The van der Waals surface area contributed by atoms with E-state index in [1.807, 2.05) is 4.57 Å². The van der Waals surface area contributed by atoms with Crippen LogP contribution in [0.15, 0.2) is 35.8 Å². The lowest BCUT2D eigenvalue weighted by atomic mass is 9.84. The van der Waals surface area contributed by atoms with E-state index in [1.165, 1.54) is 0 Å². The van der Waals surface area contributed by atoms with Gasteiger partial charge in [0.05, 0.1) is 35.7 Å². The molecule has 29 heavy (non-hydrogen) atoms. The summed E-state index contributed by atoms with van der Waals surface area (Å²) >= 11 is 0. The highest BCUT2D eigenvalue weighted by Gasteiger charge is 2.27. The number of aryl methyl sites for hydroxylation is 1. The van der Waals surface area contributed by atoms with Crippen molar-refractivity contribution in [1.29, 1.82) is 5.26 Å². The average molecular weight is 388 g/mol. The first-order chi connectivity index (χ1) is 14.2. The monoisotopic (exact) mass is 388 g/mol. The van der Waals surface area contributed by atoms with Gasteiger partial charge in [-0.25, -0.2) is 19.3 Å². The van der Waals surface area contributed by atoms with E-state index >= 15 is 0 Å². The number of rotatable bonds is 3. The van der Waals surface area contributed by atoms with Crippen molar-refractivity contribution in [3.63, 3.8) is 0 Å². The van der Waals surface area contributed by atoms with E-state index in [0.29, 0.717) is 29.3 Å². The quantitative estimate of drug-likeness (QED) is 0.534. The second-order valence-electron chi connectivity index (χ2n) is 7.62. The minimum atomic E-state index is -0.0725. The first-order valence-corrected chi connectivity index (χ1v) is 9.76. The molecule has 4 heterocycles. The van der Waals surface area contributed by atoms with E-state index in [-0.39, 0.29) is 11.7 Å². The van der Waals surface area contributed by atoms with Gasteiger partial charge in [0, 0.05) is 31.9 Å². The zero-order valence-corrected chi connectivity index (χ0v) is 16.1. The zero-order chi connectivity index (χ0) is 20.0. The molecule has 0 amide bonds. The van der Waals surface area contributed by atoms with Gasteiger partial charge in [-0.1, -0.05) is 0 Å². The maximum absolute atomic E-state index is 13.0. The van der Waals surface area contributed by atoms with Crippen LogP contribution in [0.25, 0.3) is 28.1 Å². The van der Waals surface area contributed by atoms with Crippen LogP contribution in [0.1, 0.15) is 38.1 Å². The molecule has 0 spiro atoms. The molecule has 4 aromatic heterocycles. The molecule has 1 saturated carbocycles. The molecule has 4 aromatic rings. The molecule has 0 atom stereocenters. The molecule has 1 fully saturated rings. The van der Waals surface area contributed by atoms with Gasteiger partial charge in [-0.15, -0.1) is 0 Å². The highest BCUT2D eigenvalue weighted by atomic mass is 16.1. The van der Waals surface area contributed by atoms with Crippen molar-refractivity contribution in [2.24, 2.45) is 13.0 Å². The maximum Gasteiger partial charge on any atom is 0.330 e. The fourth-order valence-electron chi connectivity index (χ4n) is 4.34. The maximum atomic E-state index is 13.0. The Labute approximate surface area is 166 Å². The van der Waals surface area contributed by atoms with Crippen LogP contribution in [-0.2, 0) is 7.05 Å². The number of nitrogens with zero attached hydrogens (tertiary/aromatic N) is 8. The van der Waals surface area contributed by atoms with Gasteiger partial charge in [0.1, 0.15) is 5.52 Å². The van der Waals surface area contributed by atoms with Gasteiger partial charge in [0.25, 0.3) is 0 Å². The molecule has 0 N–H and O–H groups in total. The van der Waals surface area contributed by atoms with Gasteiger partial charge in [-0.05, 0) is 31.6 Å². The molecule has 9 heteroatoms. The molecule has 0 radical (unpaired) electrons. The Kier molecular flexibility index (Phi) is 4.12. The molecule has 0 bridgehead atoms. The normalized spacial score (nSPS) is 19.6. The zero-order valence-electron chi connectivity index (χ0n) is 16.1. The highest BCUT2D eigenvalue weighted by Crippen LogP contribution is 2.34. The summed E-state index contributed by atoms with van der Waals surface area (Å²) in [4.78, 5) is 26.4. The van der Waals surface area contributed by atoms with Crippen LogP contribution in [-0.4, -0.2) is 33.7 Å². The van der Waals surface area contributed by atoms with Crippen LogP contribution in [0.2, 0.25) is 0 Å². The van der Waals surface area contributed by atoms with Gasteiger partial charge in [-0.2, -0.15) is 10.4 Å². The van der Waals surface area contributed by atoms with Crippen LogP contribution < -0.4 is 5.69 Å². The summed E-state index contributed by atoms with van der Waals surface area (Å²) in [6.07, 6.45) is 12.9. The van der Waals surface area contributed by atoms with Crippen molar-refractivity contribution in [1.82, 2.24) is 33.7 Å². The Bertz CT molecular complexity index is 1300. The lowest BCUT2D eigenvalue weighted by Gasteiger charge is -2.27. The van der Waals surface area contributed by atoms with E-state index in [9.17, 15) is 4.79 Å². The van der Waals surface area contributed by atoms with Crippen molar-refractivity contribution in [3.05, 3.63) is 41.5 Å². The van der Waals surface area contributed by atoms with Crippen molar-refractivity contribution >= 4 is 16.7 Å². The summed E-state index contributed by atoms with van der Waals surface area (Å²) in [7, 11) is 1.75. The number of aromatic nitrogens is 7. The Balaban J connectivity index is 1.60. The molecule has 5 rings (SSSR count). The van der Waals surface area contributed by atoms with Gasteiger partial charge in [0.15, 0.2) is 11.5 Å². The Morgan fingerprint density at radius 2 is 2.00 bits per heavy atom. The van der Waals surface area contributed by atoms with Crippen molar-refractivity contribution in [2.75, 3.05) is 0 Å². The number of hydrogen-bond acceptors (Lipinski definition) is 6. The smallest absolute Gasteiger partial charge is 0.292 e. The minimum Gasteiger partial charge on any atom is -0.292 e. The first kappa shape index (κ1) is 17.6. The predicted octanol–water partition coefficient (Wildman–Crippen LogP) is 2.48. The Hall–Kier alpha value is -3.54. The second-order valence-corrected chi connectivity index (χ2v) is 7.62. The lowest BCUT2D eigenvalue weighted by Crippen LogP contribution is -2.29. The van der Waals surface area contributed by atoms with Crippen molar-refractivity contribution in [2.45, 2.75) is 38.1 Å². The molecule has 0 saturated heterocycles. The summed E-state index contributed by atoms with van der Waals surface area (Å²) in [6.45, 7) is 0. The summed E-state index contributed by atoms with van der Waals surface area (Å²) in [5.41, 5.74) is 2.88. The molecular weight excluding hydrogens is 368 g/mol. The molecular formula is C20H20N8O. The molecule has 146 valence electrons. The largest absolute Gasteiger partial charge is 0.330 e. The molecule has 0 aliphatic heterocycles. The number of imidazole rings is 1. The van der Waals surface area contributed by atoms with Crippen molar-refractivity contribution < 1.29 is 0 Å². The molecule has 9 nitrogen and oxygen atoms in total. The van der Waals surface area contributed by atoms with Gasteiger partial charge in [-0.3, -0.25) is 14.1 Å². The number of fused-ring (bicyclic) bond motifs is 2. The Morgan fingerprint density at radius 3 is 2.79 bits per heavy atom. The Morgan fingerprint density at radius 1 is 1.17 bits per heavy atom. The molecule has 0 unspecified atom stereocenters. The first-order valence-electron chi connectivity index (χ1n) is 9.76. The van der Waals surface area contributed by atoms with E-state index in [2.05, 4.69) is 21.1 Å². The minimum absolute atomic E-state index is 0.0725. The van der Waals surface area contributed by atoms with Crippen LogP contribution >= 0.6 is 0 Å². The second kappa shape index (κ2) is 6.81. The third-order valence-corrected chi connectivity index (χ3v) is 5.96. The average Bonchev–Trinajstić information content (AvgIpc) is 3.28. The standard InChI is InChI=1S/C20H20N8O/c1-26-17-12-23-18(15-10-24-27-9-8-22-11-16(15)27)25-19(17)28(20(26)29)14-4-2-13(3-5-14)6-7-21/h8-14H,2-6H2,1H3. The summed E-state index contributed by atoms with van der Waals surface area (Å²) in [6, 6.07) is 2.36. The van der Waals surface area contributed by atoms with Crippen LogP contribution in [0.4, 0.5) is 0 Å². The summed E-state index contributed by atoms with van der Waals surface area (Å²) in [5, 5.41) is 13.3. The summed E-state index contributed by atoms with van der Waals surface area (Å²) in [5.74, 6) is 0.955. The van der Waals surface area contributed by atoms with E-state index < -0.39 is 0 Å². The summed E-state index contributed by atoms with van der Waals surface area (Å²) < 4.78 is 5.15. The third kappa shape index (κ3) is 2.79. The number of nitriles is 1. The van der Waals surface area contributed by atoms with Crippen LogP contribution in [0.3, 0.4) is 0 Å². The SMILES string of the molecule is Cn1c(=O)n(C2CCC(CC#N)CC2)c2nc(-c3cnn4ccncc34)ncc21. The van der Waals surface area contributed by atoms with Gasteiger partial charge < -0.3 is 0 Å². The van der Waals surface area contributed by atoms with Crippen LogP contribution in [0.5, 0.6) is 0 Å². The fraction of sp³-hybridized carbons (Fsp3) is 0.400. The highest BCUT2D eigenvalue weighted by molar-refractivity contribution is 5.79. The lowest BCUT2D eigenvalue weighted by molar-refractivity contribution is 0.276. The van der Waals surface area contributed by atoms with E-state index in [4.69, 9.17) is 10.2 Å². The molecule has 1 aliphatic rings.